The van der Waals surface area contributed by atoms with E-state index in [2.05, 4.69) is 42.9 Å². The Morgan fingerprint density at radius 3 is 2.21 bits per heavy atom. The largest absolute Gasteiger partial charge is 0.481 e. The molecule has 0 saturated carbocycles. The van der Waals surface area contributed by atoms with Crippen LogP contribution in [0.1, 0.15) is 25.0 Å². The molecule has 1 unspecified atom stereocenters. The fourth-order valence-corrected chi connectivity index (χ4v) is 3.54. The summed E-state index contributed by atoms with van der Waals surface area (Å²) in [5.41, 5.74) is 1.90. The van der Waals surface area contributed by atoms with E-state index in [1.54, 1.807) is 6.07 Å². The summed E-state index contributed by atoms with van der Waals surface area (Å²) in [5, 5.41) is 0.0976. The zero-order valence-corrected chi connectivity index (χ0v) is 15.4. The lowest BCUT2D eigenvalue weighted by atomic mass is 9.79. The first kappa shape index (κ1) is 18.3. The van der Waals surface area contributed by atoms with Gasteiger partial charge in [0.2, 0.25) is 11.8 Å². The van der Waals surface area contributed by atoms with Crippen molar-refractivity contribution < 1.29 is 14.3 Å². The van der Waals surface area contributed by atoms with E-state index in [1.165, 1.54) is 26.0 Å². The van der Waals surface area contributed by atoms with Crippen molar-refractivity contribution in [1.29, 1.82) is 0 Å². The SMILES string of the molecule is COc1cc(OC)nc(SC(C=O)C(C)(C)c2ccccc2C)n1. The molecule has 0 aliphatic heterocycles. The average Bonchev–Trinajstić information content (AvgIpc) is 2.59. The molecule has 0 aliphatic rings. The van der Waals surface area contributed by atoms with Crippen LogP contribution in [0.5, 0.6) is 11.8 Å². The van der Waals surface area contributed by atoms with E-state index in [0.717, 1.165) is 17.4 Å². The Morgan fingerprint density at radius 2 is 1.71 bits per heavy atom. The van der Waals surface area contributed by atoms with Crippen LogP contribution in [-0.2, 0) is 10.2 Å². The number of methoxy groups -OCH3 is 2. The minimum absolute atomic E-state index is 0.351. The van der Waals surface area contributed by atoms with Crippen LogP contribution in [-0.4, -0.2) is 35.7 Å². The van der Waals surface area contributed by atoms with Crippen LogP contribution in [0.15, 0.2) is 35.5 Å². The number of carbonyl (C=O) groups is 1. The molecular weight excluding hydrogens is 324 g/mol. The van der Waals surface area contributed by atoms with Gasteiger partial charge in [-0.3, -0.25) is 0 Å². The van der Waals surface area contributed by atoms with Crippen LogP contribution in [0, 0.1) is 6.92 Å². The van der Waals surface area contributed by atoms with Gasteiger partial charge in [0, 0.05) is 5.41 Å². The molecule has 0 spiro atoms. The zero-order chi connectivity index (χ0) is 17.7. The van der Waals surface area contributed by atoms with Gasteiger partial charge in [0.05, 0.1) is 25.5 Å². The van der Waals surface area contributed by atoms with E-state index >= 15 is 0 Å². The first-order valence-corrected chi connectivity index (χ1v) is 8.45. The summed E-state index contributed by atoms with van der Waals surface area (Å²) in [4.78, 5) is 20.4. The Balaban J connectivity index is 2.35. The Bertz CT molecular complexity index is 697. The van der Waals surface area contributed by atoms with Gasteiger partial charge in [-0.1, -0.05) is 49.9 Å². The number of thioether (sulfide) groups is 1. The number of hydrogen-bond donors (Lipinski definition) is 0. The van der Waals surface area contributed by atoms with Crippen molar-refractivity contribution in [3.63, 3.8) is 0 Å². The molecule has 24 heavy (non-hydrogen) atoms. The van der Waals surface area contributed by atoms with Gasteiger partial charge < -0.3 is 14.3 Å². The van der Waals surface area contributed by atoms with Crippen LogP contribution in [0.3, 0.4) is 0 Å². The van der Waals surface area contributed by atoms with Gasteiger partial charge in [-0.25, -0.2) is 0 Å². The minimum atomic E-state index is -0.378. The van der Waals surface area contributed by atoms with Crippen LogP contribution >= 0.6 is 11.8 Å². The highest BCUT2D eigenvalue weighted by Gasteiger charge is 2.34. The molecule has 0 bridgehead atoms. The summed E-state index contributed by atoms with van der Waals surface area (Å²) in [6.07, 6.45) is 0.951. The minimum Gasteiger partial charge on any atom is -0.481 e. The van der Waals surface area contributed by atoms with Crippen molar-refractivity contribution in [2.75, 3.05) is 14.2 Å². The van der Waals surface area contributed by atoms with Crippen molar-refractivity contribution in [2.45, 2.75) is 36.6 Å². The summed E-state index contributed by atoms with van der Waals surface area (Å²) in [7, 11) is 3.06. The summed E-state index contributed by atoms with van der Waals surface area (Å²) < 4.78 is 10.3. The average molecular weight is 346 g/mol. The Labute approximate surface area is 146 Å². The Kier molecular flexibility index (Phi) is 5.83. The van der Waals surface area contributed by atoms with Crippen LogP contribution in [0.25, 0.3) is 0 Å². The lowest BCUT2D eigenvalue weighted by Gasteiger charge is -2.31. The third-order valence-electron chi connectivity index (χ3n) is 3.98. The fraction of sp³-hybridized carbons (Fsp3) is 0.389. The van der Waals surface area contributed by atoms with E-state index < -0.39 is 0 Å². The second-order valence-corrected chi connectivity index (χ2v) is 7.06. The van der Waals surface area contributed by atoms with Crippen LogP contribution in [0.4, 0.5) is 0 Å². The van der Waals surface area contributed by atoms with Gasteiger partial charge in [-0.05, 0) is 18.1 Å². The monoisotopic (exact) mass is 346 g/mol. The number of ether oxygens (including phenoxy) is 2. The summed E-state index contributed by atoms with van der Waals surface area (Å²) >= 11 is 1.31. The summed E-state index contributed by atoms with van der Waals surface area (Å²) in [5.74, 6) is 0.811. The standard InChI is InChI=1S/C18H22N2O3S/c1-12-8-6-7-9-13(12)18(2,3)14(11-21)24-17-19-15(22-4)10-16(20-17)23-5/h6-11,14H,1-5H3. The molecule has 1 aromatic heterocycles. The number of aromatic nitrogens is 2. The lowest BCUT2D eigenvalue weighted by Crippen LogP contribution is -2.33. The van der Waals surface area contributed by atoms with E-state index in [-0.39, 0.29) is 10.7 Å². The highest BCUT2D eigenvalue weighted by Crippen LogP contribution is 2.38. The van der Waals surface area contributed by atoms with Crippen molar-refractivity contribution >= 4 is 18.0 Å². The highest BCUT2D eigenvalue weighted by atomic mass is 32.2. The number of aldehydes is 1. The quantitative estimate of drug-likeness (QED) is 0.435. The van der Waals surface area contributed by atoms with Gasteiger partial charge in [0.1, 0.15) is 6.29 Å². The maximum atomic E-state index is 11.8. The van der Waals surface area contributed by atoms with Crippen molar-refractivity contribution in [3.05, 3.63) is 41.5 Å². The first-order chi connectivity index (χ1) is 11.4. The summed E-state index contributed by atoms with van der Waals surface area (Å²) in [6, 6.07) is 9.69. The van der Waals surface area contributed by atoms with Gasteiger partial charge in [0.25, 0.3) is 0 Å². The second-order valence-electron chi connectivity index (χ2n) is 5.95. The fourth-order valence-electron chi connectivity index (χ4n) is 2.55. The number of carbonyl (C=O) groups excluding carboxylic acids is 1. The Morgan fingerprint density at radius 1 is 1.12 bits per heavy atom. The molecule has 0 aliphatic carbocycles. The molecular formula is C18H22N2O3S. The molecule has 2 rings (SSSR count). The number of benzene rings is 1. The lowest BCUT2D eigenvalue weighted by molar-refractivity contribution is -0.108. The molecule has 0 fully saturated rings. The van der Waals surface area contributed by atoms with E-state index in [1.807, 2.05) is 12.1 Å². The predicted octanol–water partition coefficient (Wildman–Crippen LogP) is 3.44. The smallest absolute Gasteiger partial charge is 0.220 e. The molecule has 6 heteroatoms. The third-order valence-corrected chi connectivity index (χ3v) is 5.33. The number of aryl methyl sites for hydroxylation is 1. The number of nitrogens with zero attached hydrogens (tertiary/aromatic N) is 2. The van der Waals surface area contributed by atoms with Crippen LogP contribution in [0.2, 0.25) is 0 Å². The third kappa shape index (κ3) is 3.87. The normalized spacial score (nSPS) is 12.5. The molecule has 0 radical (unpaired) electrons. The van der Waals surface area contributed by atoms with Gasteiger partial charge >= 0.3 is 0 Å². The van der Waals surface area contributed by atoms with Crippen molar-refractivity contribution in [1.82, 2.24) is 9.97 Å². The second kappa shape index (κ2) is 7.66. The maximum Gasteiger partial charge on any atom is 0.220 e. The molecule has 0 amide bonds. The maximum absolute atomic E-state index is 11.8. The van der Waals surface area contributed by atoms with Crippen molar-refractivity contribution in [2.24, 2.45) is 0 Å². The highest BCUT2D eigenvalue weighted by molar-refractivity contribution is 8.00. The van der Waals surface area contributed by atoms with Gasteiger partial charge in [0.15, 0.2) is 5.16 Å². The molecule has 1 aromatic carbocycles. The van der Waals surface area contributed by atoms with Gasteiger partial charge in [-0.15, -0.1) is 0 Å². The predicted molar refractivity (Wildman–Crippen MR) is 95.1 cm³/mol. The molecule has 128 valence electrons. The zero-order valence-electron chi connectivity index (χ0n) is 14.6. The summed E-state index contributed by atoms with van der Waals surface area (Å²) in [6.45, 7) is 6.16. The molecule has 2 aromatic rings. The molecule has 1 atom stereocenters. The number of rotatable bonds is 7. The molecule has 0 saturated heterocycles. The van der Waals surface area contributed by atoms with E-state index in [9.17, 15) is 4.79 Å². The van der Waals surface area contributed by atoms with Crippen molar-refractivity contribution in [3.8, 4) is 11.8 Å². The topological polar surface area (TPSA) is 61.3 Å². The first-order valence-electron chi connectivity index (χ1n) is 7.57. The molecule has 0 N–H and O–H groups in total. The van der Waals surface area contributed by atoms with E-state index in [0.29, 0.717) is 16.9 Å². The van der Waals surface area contributed by atoms with Crippen LogP contribution < -0.4 is 9.47 Å². The molecule has 5 nitrogen and oxygen atoms in total. The number of hydrogen-bond acceptors (Lipinski definition) is 6. The van der Waals surface area contributed by atoms with E-state index in [4.69, 9.17) is 9.47 Å². The molecule has 1 heterocycles. The van der Waals surface area contributed by atoms with Gasteiger partial charge in [-0.2, -0.15) is 9.97 Å². The Hall–Kier alpha value is -2.08.